The van der Waals surface area contributed by atoms with Gasteiger partial charge in [0.25, 0.3) is 0 Å². The lowest BCUT2D eigenvalue weighted by molar-refractivity contribution is -0.150. The normalized spacial score (nSPS) is 11.9. The number of esters is 1. The highest BCUT2D eigenvalue weighted by atomic mass is 16.6. The van der Waals surface area contributed by atoms with Crippen LogP contribution in [0.3, 0.4) is 0 Å². The molecule has 0 saturated carbocycles. The SMILES string of the molecule is CCOC(=O)C(C)Oc1cc(C(=O)O)c(O)c2ccccc12. The predicted octanol–water partition coefficient (Wildman–Crippen LogP) is 2.57. The van der Waals surface area contributed by atoms with Gasteiger partial charge < -0.3 is 19.7 Å². The largest absolute Gasteiger partial charge is 0.506 e. The number of hydrogen-bond acceptors (Lipinski definition) is 5. The second-order valence-electron chi connectivity index (χ2n) is 4.63. The first-order chi connectivity index (χ1) is 10.5. The van der Waals surface area contributed by atoms with Crippen LogP contribution in [-0.4, -0.2) is 34.9 Å². The Labute approximate surface area is 126 Å². The maximum atomic E-state index is 11.7. The van der Waals surface area contributed by atoms with Crippen LogP contribution in [0.25, 0.3) is 10.8 Å². The van der Waals surface area contributed by atoms with Crippen molar-refractivity contribution < 1.29 is 29.3 Å². The number of carbonyl (C=O) groups excluding carboxylic acids is 1. The Bertz CT molecular complexity index is 722. The molecule has 116 valence electrons. The zero-order chi connectivity index (χ0) is 16.3. The molecule has 6 nitrogen and oxygen atoms in total. The summed E-state index contributed by atoms with van der Waals surface area (Å²) in [6.07, 6.45) is -0.894. The zero-order valence-corrected chi connectivity index (χ0v) is 12.2. The van der Waals surface area contributed by atoms with Gasteiger partial charge in [0.15, 0.2) is 6.10 Å². The molecule has 0 amide bonds. The van der Waals surface area contributed by atoms with Crippen molar-refractivity contribution in [1.29, 1.82) is 0 Å². The molecule has 0 spiro atoms. The van der Waals surface area contributed by atoms with E-state index in [1.165, 1.54) is 13.0 Å². The van der Waals surface area contributed by atoms with E-state index >= 15 is 0 Å². The molecule has 22 heavy (non-hydrogen) atoms. The van der Waals surface area contributed by atoms with Gasteiger partial charge in [0.1, 0.15) is 17.1 Å². The van der Waals surface area contributed by atoms with Crippen LogP contribution in [-0.2, 0) is 9.53 Å². The van der Waals surface area contributed by atoms with Crippen molar-refractivity contribution in [3.05, 3.63) is 35.9 Å². The first-order valence-corrected chi connectivity index (χ1v) is 6.77. The van der Waals surface area contributed by atoms with E-state index in [2.05, 4.69) is 0 Å². The van der Waals surface area contributed by atoms with Crippen LogP contribution < -0.4 is 4.74 Å². The third-order valence-electron chi connectivity index (χ3n) is 3.13. The highest BCUT2D eigenvalue weighted by Gasteiger charge is 2.21. The molecule has 2 aromatic rings. The number of aromatic carboxylic acids is 1. The first kappa shape index (κ1) is 15.6. The summed E-state index contributed by atoms with van der Waals surface area (Å²) < 4.78 is 10.4. The van der Waals surface area contributed by atoms with Crippen LogP contribution >= 0.6 is 0 Å². The Balaban J connectivity index is 2.51. The van der Waals surface area contributed by atoms with Gasteiger partial charge in [-0.15, -0.1) is 0 Å². The van der Waals surface area contributed by atoms with Crippen molar-refractivity contribution in [2.75, 3.05) is 6.61 Å². The molecule has 0 aliphatic carbocycles. The molecule has 1 atom stereocenters. The minimum atomic E-state index is -1.28. The molecule has 1 unspecified atom stereocenters. The monoisotopic (exact) mass is 304 g/mol. The lowest BCUT2D eigenvalue weighted by atomic mass is 10.0. The molecule has 0 aromatic heterocycles. The molecule has 2 rings (SSSR count). The van der Waals surface area contributed by atoms with Gasteiger partial charge in [0.05, 0.1) is 6.61 Å². The molecular weight excluding hydrogens is 288 g/mol. The average molecular weight is 304 g/mol. The van der Waals surface area contributed by atoms with Gasteiger partial charge in [0, 0.05) is 10.8 Å². The number of ether oxygens (including phenoxy) is 2. The predicted molar refractivity (Wildman–Crippen MR) is 79.3 cm³/mol. The van der Waals surface area contributed by atoms with Crippen molar-refractivity contribution >= 4 is 22.7 Å². The Kier molecular flexibility index (Phi) is 4.50. The third kappa shape index (κ3) is 2.95. The molecule has 0 saturated heterocycles. The summed E-state index contributed by atoms with van der Waals surface area (Å²) in [6, 6.07) is 7.86. The number of carboxylic acid groups (broad SMARTS) is 1. The van der Waals surface area contributed by atoms with E-state index in [1.54, 1.807) is 31.2 Å². The van der Waals surface area contributed by atoms with E-state index in [4.69, 9.17) is 14.6 Å². The highest BCUT2D eigenvalue weighted by Crippen LogP contribution is 2.36. The van der Waals surface area contributed by atoms with Crippen LogP contribution in [0.15, 0.2) is 30.3 Å². The summed E-state index contributed by atoms with van der Waals surface area (Å²) in [7, 11) is 0. The van der Waals surface area contributed by atoms with E-state index in [9.17, 15) is 14.7 Å². The van der Waals surface area contributed by atoms with Gasteiger partial charge in [-0.2, -0.15) is 0 Å². The Morgan fingerprint density at radius 3 is 2.45 bits per heavy atom. The molecule has 0 aliphatic rings. The first-order valence-electron chi connectivity index (χ1n) is 6.77. The number of phenols is 1. The fraction of sp³-hybridized carbons (Fsp3) is 0.250. The third-order valence-corrected chi connectivity index (χ3v) is 3.13. The standard InChI is InChI=1S/C16H16O6/c1-3-21-16(20)9(2)22-13-8-12(15(18)19)14(17)11-7-5-4-6-10(11)13/h4-9,17H,3H2,1-2H3,(H,18,19). The average Bonchev–Trinajstić information content (AvgIpc) is 2.50. The van der Waals surface area contributed by atoms with E-state index < -0.39 is 18.0 Å². The van der Waals surface area contributed by atoms with Crippen LogP contribution in [0, 0.1) is 0 Å². The minimum Gasteiger partial charge on any atom is -0.506 e. The highest BCUT2D eigenvalue weighted by molar-refractivity contribution is 6.03. The van der Waals surface area contributed by atoms with Crippen LogP contribution in [0.2, 0.25) is 0 Å². The molecule has 0 heterocycles. The van der Waals surface area contributed by atoms with E-state index in [0.717, 1.165) is 0 Å². The lowest BCUT2D eigenvalue weighted by Crippen LogP contribution is -2.26. The molecule has 2 N–H and O–H groups in total. The molecule has 0 aliphatic heterocycles. The van der Waals surface area contributed by atoms with Gasteiger partial charge in [-0.05, 0) is 19.9 Å². The number of fused-ring (bicyclic) bond motifs is 1. The van der Waals surface area contributed by atoms with Gasteiger partial charge in [0.2, 0.25) is 0 Å². The van der Waals surface area contributed by atoms with Crippen molar-refractivity contribution in [3.8, 4) is 11.5 Å². The van der Waals surface area contributed by atoms with Crippen molar-refractivity contribution in [1.82, 2.24) is 0 Å². The summed E-state index contributed by atoms with van der Waals surface area (Å²) in [5.41, 5.74) is -0.287. The van der Waals surface area contributed by atoms with E-state index in [1.807, 2.05) is 0 Å². The maximum absolute atomic E-state index is 11.7. The van der Waals surface area contributed by atoms with E-state index in [0.29, 0.717) is 10.8 Å². The summed E-state index contributed by atoms with van der Waals surface area (Å²) in [5, 5.41) is 20.1. The van der Waals surface area contributed by atoms with Crippen molar-refractivity contribution in [2.24, 2.45) is 0 Å². The number of hydrogen-bond donors (Lipinski definition) is 2. The number of rotatable bonds is 5. The fourth-order valence-corrected chi connectivity index (χ4v) is 2.09. The molecule has 2 aromatic carbocycles. The van der Waals surface area contributed by atoms with Gasteiger partial charge in [-0.25, -0.2) is 9.59 Å². The summed E-state index contributed by atoms with van der Waals surface area (Å²) >= 11 is 0. The van der Waals surface area contributed by atoms with Crippen LogP contribution in [0.4, 0.5) is 0 Å². The number of carboxylic acids is 1. The molecule has 6 heteroatoms. The van der Waals surface area contributed by atoms with Crippen LogP contribution in [0.1, 0.15) is 24.2 Å². The van der Waals surface area contributed by atoms with E-state index in [-0.39, 0.29) is 23.7 Å². The zero-order valence-electron chi connectivity index (χ0n) is 12.2. The Morgan fingerprint density at radius 2 is 1.86 bits per heavy atom. The smallest absolute Gasteiger partial charge is 0.347 e. The van der Waals surface area contributed by atoms with Crippen molar-refractivity contribution in [2.45, 2.75) is 20.0 Å². The summed E-state index contributed by atoms with van der Waals surface area (Å²) in [5.74, 6) is -1.96. The molecule has 0 fully saturated rings. The fourth-order valence-electron chi connectivity index (χ4n) is 2.09. The van der Waals surface area contributed by atoms with Crippen molar-refractivity contribution in [3.63, 3.8) is 0 Å². The summed E-state index contributed by atoms with van der Waals surface area (Å²) in [6.45, 7) is 3.42. The minimum absolute atomic E-state index is 0.200. The molecular formula is C16H16O6. The quantitative estimate of drug-likeness (QED) is 0.825. The molecule has 0 bridgehead atoms. The lowest BCUT2D eigenvalue weighted by Gasteiger charge is -2.16. The Hall–Kier alpha value is -2.76. The Morgan fingerprint density at radius 1 is 1.23 bits per heavy atom. The van der Waals surface area contributed by atoms with Gasteiger partial charge >= 0.3 is 11.9 Å². The van der Waals surface area contributed by atoms with Gasteiger partial charge in [-0.3, -0.25) is 0 Å². The number of benzene rings is 2. The molecule has 0 radical (unpaired) electrons. The summed E-state index contributed by atoms with van der Waals surface area (Å²) in [4.78, 5) is 22.9. The topological polar surface area (TPSA) is 93.1 Å². The second-order valence-corrected chi connectivity index (χ2v) is 4.63. The van der Waals surface area contributed by atoms with Gasteiger partial charge in [-0.1, -0.05) is 24.3 Å². The maximum Gasteiger partial charge on any atom is 0.347 e. The number of aromatic hydroxyl groups is 1. The second kappa shape index (κ2) is 6.34. The van der Waals surface area contributed by atoms with Crippen LogP contribution in [0.5, 0.6) is 11.5 Å². The number of carbonyl (C=O) groups is 2.